The van der Waals surface area contributed by atoms with Gasteiger partial charge in [-0.05, 0) is 0 Å². The fourth-order valence-corrected chi connectivity index (χ4v) is 3.22. The first kappa shape index (κ1) is 23.9. The number of aliphatic hydroxyl groups is 5. The fourth-order valence-electron chi connectivity index (χ4n) is 2.24. The third-order valence-corrected chi connectivity index (χ3v) is 4.54. The summed E-state index contributed by atoms with van der Waals surface area (Å²) in [6.45, 7) is 0.891. The molecule has 0 aromatic rings. The Hall–Kier alpha value is -1.15. The summed E-state index contributed by atoms with van der Waals surface area (Å²) < 4.78 is 30.5. The third kappa shape index (κ3) is 7.07. The van der Waals surface area contributed by atoms with Gasteiger partial charge >= 0.3 is 19.8 Å². The molecule has 1 saturated carbocycles. The van der Waals surface area contributed by atoms with Gasteiger partial charge in [-0.15, -0.1) is 0 Å². The van der Waals surface area contributed by atoms with Crippen LogP contribution in [0.15, 0.2) is 0 Å². The molecule has 6 N–H and O–H groups in total. The summed E-state index contributed by atoms with van der Waals surface area (Å²) in [6, 6.07) is 0. The lowest BCUT2D eigenvalue weighted by molar-refractivity contribution is -0.220. The lowest BCUT2D eigenvalue weighted by Crippen LogP contribution is -2.64. The maximum absolute atomic E-state index is 12.0. The van der Waals surface area contributed by atoms with Crippen LogP contribution in [-0.2, 0) is 32.7 Å². The second-order valence-electron chi connectivity index (χ2n) is 5.82. The number of phosphoric acid groups is 1. The SMILES string of the molecule is CC(=O)OC[C@H](COP(=O)(O)O[C@H]1[C@@H](O)[C@H](O)[C@H](O)[C@@H](O)[C@@H]1O)OC(C)=O. The van der Waals surface area contributed by atoms with Crippen LogP contribution in [0, 0.1) is 0 Å². The maximum Gasteiger partial charge on any atom is 0.472 e. The second-order valence-corrected chi connectivity index (χ2v) is 7.23. The molecule has 0 spiro atoms. The van der Waals surface area contributed by atoms with Gasteiger partial charge in [0.25, 0.3) is 0 Å². The Morgan fingerprint density at radius 3 is 1.81 bits per heavy atom. The van der Waals surface area contributed by atoms with Gasteiger partial charge in [0.2, 0.25) is 0 Å². The molecule has 0 saturated heterocycles. The van der Waals surface area contributed by atoms with E-state index in [1.807, 2.05) is 0 Å². The van der Waals surface area contributed by atoms with Crippen molar-refractivity contribution in [2.45, 2.75) is 56.6 Å². The summed E-state index contributed by atoms with van der Waals surface area (Å²) >= 11 is 0. The van der Waals surface area contributed by atoms with Crippen molar-refractivity contribution in [1.29, 1.82) is 0 Å². The molecule has 14 heteroatoms. The van der Waals surface area contributed by atoms with E-state index in [1.54, 1.807) is 0 Å². The lowest BCUT2D eigenvalue weighted by Gasteiger charge is -2.41. The fraction of sp³-hybridized carbons (Fsp3) is 0.846. The Labute approximate surface area is 153 Å². The summed E-state index contributed by atoms with van der Waals surface area (Å²) in [5.41, 5.74) is 0. The van der Waals surface area contributed by atoms with Crippen LogP contribution in [0.1, 0.15) is 13.8 Å². The van der Waals surface area contributed by atoms with Crippen LogP contribution >= 0.6 is 7.82 Å². The van der Waals surface area contributed by atoms with Crippen LogP contribution in [0.2, 0.25) is 0 Å². The number of esters is 2. The zero-order chi connectivity index (χ0) is 20.9. The number of ether oxygens (including phenoxy) is 2. The van der Waals surface area contributed by atoms with Crippen LogP contribution in [0.5, 0.6) is 0 Å². The monoisotopic (exact) mass is 418 g/mol. The van der Waals surface area contributed by atoms with Crippen LogP contribution in [0.4, 0.5) is 0 Å². The van der Waals surface area contributed by atoms with Gasteiger partial charge < -0.3 is 39.9 Å². The number of hydrogen-bond donors (Lipinski definition) is 6. The first-order valence-electron chi connectivity index (χ1n) is 7.72. The zero-order valence-electron chi connectivity index (χ0n) is 14.4. The topological polar surface area (TPSA) is 210 Å². The van der Waals surface area contributed by atoms with Crippen LogP contribution in [-0.4, -0.2) is 98.3 Å². The number of phosphoric ester groups is 1. The van der Waals surface area contributed by atoms with Crippen molar-refractivity contribution in [3.63, 3.8) is 0 Å². The standard InChI is InChI=1S/C13H23O13P/c1-5(14)23-3-7(25-6(2)15)4-24-27(21,22)26-13-11(19)9(17)8(16)10(18)12(13)20/h7-13,16-20H,3-4H2,1-2H3,(H,21,22)/t7-,8-,9-,10-,11+,12+,13-/m1/s1. The second kappa shape index (κ2) is 9.87. The Bertz CT molecular complexity index is 552. The number of carbonyl (C=O) groups excluding carboxylic acids is 2. The first-order chi connectivity index (χ1) is 12.4. The van der Waals surface area contributed by atoms with Crippen molar-refractivity contribution in [1.82, 2.24) is 0 Å². The van der Waals surface area contributed by atoms with Gasteiger partial charge in [0, 0.05) is 13.8 Å². The Balaban J connectivity index is 2.73. The van der Waals surface area contributed by atoms with Crippen molar-refractivity contribution < 1.29 is 63.1 Å². The van der Waals surface area contributed by atoms with Crippen LogP contribution in [0.3, 0.4) is 0 Å². The van der Waals surface area contributed by atoms with Crippen LogP contribution < -0.4 is 0 Å². The molecular weight excluding hydrogens is 395 g/mol. The average molecular weight is 418 g/mol. The molecule has 0 aromatic carbocycles. The van der Waals surface area contributed by atoms with E-state index >= 15 is 0 Å². The van der Waals surface area contributed by atoms with Crippen molar-refractivity contribution in [3.05, 3.63) is 0 Å². The lowest BCUT2D eigenvalue weighted by atomic mass is 9.85. The summed E-state index contributed by atoms with van der Waals surface area (Å²) in [7, 11) is -5.01. The average Bonchev–Trinajstić information content (AvgIpc) is 2.57. The maximum atomic E-state index is 12.0. The van der Waals surface area contributed by atoms with Crippen molar-refractivity contribution in [3.8, 4) is 0 Å². The van der Waals surface area contributed by atoms with Gasteiger partial charge in [-0.25, -0.2) is 4.57 Å². The summed E-state index contributed by atoms with van der Waals surface area (Å²) in [5, 5.41) is 48.1. The third-order valence-electron chi connectivity index (χ3n) is 3.56. The molecule has 0 aromatic heterocycles. The molecule has 1 rings (SSSR count). The molecule has 158 valence electrons. The smallest absolute Gasteiger partial charge is 0.462 e. The van der Waals surface area contributed by atoms with E-state index in [0.717, 1.165) is 13.8 Å². The van der Waals surface area contributed by atoms with Gasteiger partial charge in [0.1, 0.15) is 43.2 Å². The molecule has 0 radical (unpaired) electrons. The minimum atomic E-state index is -5.01. The normalized spacial score (nSPS) is 34.4. The molecule has 0 aliphatic heterocycles. The van der Waals surface area contributed by atoms with E-state index in [4.69, 9.17) is 4.74 Å². The zero-order valence-corrected chi connectivity index (χ0v) is 15.3. The number of aliphatic hydroxyl groups excluding tert-OH is 5. The Morgan fingerprint density at radius 2 is 1.37 bits per heavy atom. The van der Waals surface area contributed by atoms with E-state index in [-0.39, 0.29) is 0 Å². The summed E-state index contributed by atoms with van der Waals surface area (Å²) in [4.78, 5) is 31.5. The molecule has 0 amide bonds. The van der Waals surface area contributed by atoms with Gasteiger partial charge in [0.05, 0.1) is 6.61 Å². The van der Waals surface area contributed by atoms with Gasteiger partial charge in [-0.2, -0.15) is 0 Å². The Morgan fingerprint density at radius 1 is 0.889 bits per heavy atom. The van der Waals surface area contributed by atoms with Crippen molar-refractivity contribution in [2.75, 3.05) is 13.2 Å². The quantitative estimate of drug-likeness (QED) is 0.170. The highest BCUT2D eigenvalue weighted by Crippen LogP contribution is 2.47. The number of rotatable bonds is 8. The van der Waals surface area contributed by atoms with Gasteiger partial charge in [-0.1, -0.05) is 0 Å². The number of hydrogen-bond acceptors (Lipinski definition) is 12. The molecule has 1 aliphatic carbocycles. The molecule has 0 heterocycles. The Kier molecular flexibility index (Phi) is 8.73. The summed E-state index contributed by atoms with van der Waals surface area (Å²) in [5.74, 6) is -1.49. The van der Waals surface area contributed by atoms with Crippen molar-refractivity contribution >= 4 is 19.8 Å². The highest BCUT2D eigenvalue weighted by Gasteiger charge is 2.51. The molecular formula is C13H23O13P. The molecule has 1 unspecified atom stereocenters. The molecule has 0 bridgehead atoms. The van der Waals surface area contributed by atoms with E-state index in [0.29, 0.717) is 0 Å². The molecule has 1 fully saturated rings. The first-order valence-corrected chi connectivity index (χ1v) is 9.22. The predicted octanol–water partition coefficient (Wildman–Crippen LogP) is -3.20. The van der Waals surface area contributed by atoms with E-state index in [1.165, 1.54) is 0 Å². The minimum absolute atomic E-state index is 0.479. The van der Waals surface area contributed by atoms with Gasteiger partial charge in [0.15, 0.2) is 6.10 Å². The molecule has 1 aliphatic rings. The van der Waals surface area contributed by atoms with Gasteiger partial charge in [-0.3, -0.25) is 18.6 Å². The number of carbonyl (C=O) groups is 2. The summed E-state index contributed by atoms with van der Waals surface area (Å²) in [6.07, 6.45) is -13.1. The molecule has 6 atom stereocenters. The van der Waals surface area contributed by atoms with Crippen LogP contribution in [0.25, 0.3) is 0 Å². The molecule has 13 nitrogen and oxygen atoms in total. The minimum Gasteiger partial charge on any atom is -0.462 e. The highest BCUT2D eigenvalue weighted by atomic mass is 31.2. The van der Waals surface area contributed by atoms with E-state index < -0.39 is 75.7 Å². The largest absolute Gasteiger partial charge is 0.472 e. The van der Waals surface area contributed by atoms with E-state index in [2.05, 4.69) is 13.8 Å². The highest BCUT2D eigenvalue weighted by molar-refractivity contribution is 7.47. The van der Waals surface area contributed by atoms with Crippen molar-refractivity contribution in [2.24, 2.45) is 0 Å². The molecule has 27 heavy (non-hydrogen) atoms. The van der Waals surface area contributed by atoms with E-state index in [9.17, 15) is 44.6 Å². The predicted molar refractivity (Wildman–Crippen MR) is 82.9 cm³/mol.